The van der Waals surface area contributed by atoms with Gasteiger partial charge in [-0.05, 0) is 25.0 Å². The SMILES string of the molecule is O=C(O)CN(C(=O)c1ccn(-c2ccccc2[N+](=O)[O-])n1)C1CC1. The molecule has 1 amide bonds. The van der Waals surface area contributed by atoms with Gasteiger partial charge in [-0.25, -0.2) is 4.68 Å². The summed E-state index contributed by atoms with van der Waals surface area (Å²) in [7, 11) is 0. The number of carbonyl (C=O) groups excluding carboxylic acids is 1. The van der Waals surface area contributed by atoms with Gasteiger partial charge in [0, 0.05) is 18.3 Å². The molecule has 3 rings (SSSR count). The molecule has 1 fully saturated rings. The molecule has 9 nitrogen and oxygen atoms in total. The van der Waals surface area contributed by atoms with Gasteiger partial charge in [-0.15, -0.1) is 0 Å². The Bertz CT molecular complexity index is 812. The average Bonchev–Trinajstić information content (AvgIpc) is 3.28. The zero-order chi connectivity index (χ0) is 17.3. The van der Waals surface area contributed by atoms with Gasteiger partial charge < -0.3 is 10.0 Å². The Hall–Kier alpha value is -3.23. The standard InChI is InChI=1S/C15H14N4O5/c20-14(21)9-17(10-5-6-10)15(22)11-7-8-18(16-11)12-3-1-2-4-13(12)19(23)24/h1-4,7-8,10H,5-6,9H2,(H,20,21). The van der Waals surface area contributed by atoms with Gasteiger partial charge in [-0.3, -0.25) is 19.7 Å². The number of hydrogen-bond acceptors (Lipinski definition) is 5. The highest BCUT2D eigenvalue weighted by Gasteiger charge is 2.35. The maximum atomic E-state index is 12.5. The maximum absolute atomic E-state index is 12.5. The van der Waals surface area contributed by atoms with Crippen LogP contribution in [0.1, 0.15) is 23.3 Å². The number of carboxylic acid groups (broad SMARTS) is 1. The molecule has 1 aromatic heterocycles. The van der Waals surface area contributed by atoms with Crippen LogP contribution in [0.5, 0.6) is 0 Å². The van der Waals surface area contributed by atoms with Crippen LogP contribution in [0.3, 0.4) is 0 Å². The molecule has 1 saturated carbocycles. The summed E-state index contributed by atoms with van der Waals surface area (Å²) in [6.45, 7) is -0.387. The number of carboxylic acids is 1. The smallest absolute Gasteiger partial charge is 0.323 e. The highest BCUT2D eigenvalue weighted by Crippen LogP contribution is 2.28. The molecule has 0 bridgehead atoms. The van der Waals surface area contributed by atoms with Crippen LogP contribution in [0.25, 0.3) is 5.69 Å². The highest BCUT2D eigenvalue weighted by molar-refractivity contribution is 5.94. The van der Waals surface area contributed by atoms with Crippen molar-refractivity contribution < 1.29 is 19.6 Å². The van der Waals surface area contributed by atoms with Crippen LogP contribution in [0.2, 0.25) is 0 Å². The first-order valence-corrected chi connectivity index (χ1v) is 7.29. The zero-order valence-corrected chi connectivity index (χ0v) is 12.5. The van der Waals surface area contributed by atoms with E-state index in [9.17, 15) is 19.7 Å². The van der Waals surface area contributed by atoms with E-state index < -0.39 is 16.8 Å². The van der Waals surface area contributed by atoms with Crippen molar-refractivity contribution in [2.24, 2.45) is 0 Å². The lowest BCUT2D eigenvalue weighted by molar-refractivity contribution is -0.384. The first-order chi connectivity index (χ1) is 11.5. The Morgan fingerprint density at radius 3 is 2.67 bits per heavy atom. The van der Waals surface area contributed by atoms with E-state index in [2.05, 4.69) is 5.10 Å². The minimum absolute atomic E-state index is 0.0568. The van der Waals surface area contributed by atoms with E-state index in [1.165, 1.54) is 34.0 Å². The predicted octanol–water partition coefficient (Wildman–Crippen LogP) is 1.47. The summed E-state index contributed by atoms with van der Waals surface area (Å²) in [5.41, 5.74) is 0.156. The minimum atomic E-state index is -1.09. The van der Waals surface area contributed by atoms with Gasteiger partial charge >= 0.3 is 5.97 Å². The second kappa shape index (κ2) is 6.11. The van der Waals surface area contributed by atoms with E-state index in [4.69, 9.17) is 5.11 Å². The number of nitrogens with zero attached hydrogens (tertiary/aromatic N) is 4. The second-order valence-corrected chi connectivity index (χ2v) is 5.45. The van der Waals surface area contributed by atoms with E-state index in [0.29, 0.717) is 0 Å². The molecule has 0 aliphatic heterocycles. The molecule has 0 radical (unpaired) electrons. The lowest BCUT2D eigenvalue weighted by Crippen LogP contribution is -2.37. The number of aromatic nitrogens is 2. The van der Waals surface area contributed by atoms with Crippen molar-refractivity contribution in [1.82, 2.24) is 14.7 Å². The predicted molar refractivity (Wildman–Crippen MR) is 81.9 cm³/mol. The van der Waals surface area contributed by atoms with Gasteiger partial charge in [0.25, 0.3) is 11.6 Å². The normalized spacial score (nSPS) is 13.5. The van der Waals surface area contributed by atoms with Gasteiger partial charge in [0.05, 0.1) is 4.92 Å². The zero-order valence-electron chi connectivity index (χ0n) is 12.5. The van der Waals surface area contributed by atoms with E-state index in [-0.39, 0.29) is 29.7 Å². The first kappa shape index (κ1) is 15.7. The van der Waals surface area contributed by atoms with Crippen molar-refractivity contribution >= 4 is 17.6 Å². The summed E-state index contributed by atoms with van der Waals surface area (Å²) in [6.07, 6.45) is 2.98. The molecule has 0 unspecified atom stereocenters. The number of rotatable bonds is 6. The third-order valence-electron chi connectivity index (χ3n) is 3.69. The molecule has 1 aromatic carbocycles. The van der Waals surface area contributed by atoms with Crippen LogP contribution >= 0.6 is 0 Å². The Kier molecular flexibility index (Phi) is 3.98. The largest absolute Gasteiger partial charge is 0.480 e. The number of carbonyl (C=O) groups is 2. The topological polar surface area (TPSA) is 119 Å². The monoisotopic (exact) mass is 330 g/mol. The molecule has 1 N–H and O–H groups in total. The molecule has 2 aromatic rings. The van der Waals surface area contributed by atoms with Crippen molar-refractivity contribution in [1.29, 1.82) is 0 Å². The average molecular weight is 330 g/mol. The molecule has 0 atom stereocenters. The van der Waals surface area contributed by atoms with Gasteiger partial charge in [-0.2, -0.15) is 5.10 Å². The Balaban J connectivity index is 1.89. The third kappa shape index (κ3) is 3.09. The molecule has 0 saturated heterocycles. The summed E-state index contributed by atoms with van der Waals surface area (Å²) in [6, 6.07) is 7.39. The van der Waals surface area contributed by atoms with E-state index in [1.54, 1.807) is 12.1 Å². The fraction of sp³-hybridized carbons (Fsp3) is 0.267. The van der Waals surface area contributed by atoms with E-state index in [1.807, 2.05) is 0 Å². The summed E-state index contributed by atoms with van der Waals surface area (Å²) in [5, 5.41) is 24.1. The third-order valence-corrected chi connectivity index (χ3v) is 3.69. The van der Waals surface area contributed by atoms with E-state index in [0.717, 1.165) is 12.8 Å². The molecule has 9 heteroatoms. The number of amides is 1. The fourth-order valence-corrected chi connectivity index (χ4v) is 2.43. The first-order valence-electron chi connectivity index (χ1n) is 7.29. The number of benzene rings is 1. The fourth-order valence-electron chi connectivity index (χ4n) is 2.43. The Morgan fingerprint density at radius 1 is 1.33 bits per heavy atom. The molecule has 1 aliphatic carbocycles. The van der Waals surface area contributed by atoms with Gasteiger partial charge in [0.1, 0.15) is 12.2 Å². The minimum Gasteiger partial charge on any atom is -0.480 e. The quantitative estimate of drug-likeness (QED) is 0.633. The van der Waals surface area contributed by atoms with Gasteiger partial charge in [0.15, 0.2) is 5.69 Å². The summed E-state index contributed by atoms with van der Waals surface area (Å²) < 4.78 is 1.25. The lowest BCUT2D eigenvalue weighted by Gasteiger charge is -2.18. The Morgan fingerprint density at radius 2 is 2.04 bits per heavy atom. The molecule has 1 heterocycles. The van der Waals surface area contributed by atoms with Crippen LogP contribution < -0.4 is 0 Å². The number of nitro benzene ring substituents is 1. The molecular formula is C15H14N4O5. The van der Waals surface area contributed by atoms with Crippen LogP contribution in [-0.4, -0.2) is 49.2 Å². The van der Waals surface area contributed by atoms with Gasteiger partial charge in [0.2, 0.25) is 0 Å². The highest BCUT2D eigenvalue weighted by atomic mass is 16.6. The summed E-state index contributed by atoms with van der Waals surface area (Å²) in [4.78, 5) is 35.2. The van der Waals surface area contributed by atoms with E-state index >= 15 is 0 Å². The van der Waals surface area contributed by atoms with Crippen LogP contribution in [-0.2, 0) is 4.79 Å². The number of hydrogen-bond donors (Lipinski definition) is 1. The molecule has 24 heavy (non-hydrogen) atoms. The number of aliphatic carboxylic acids is 1. The van der Waals surface area contributed by atoms with Crippen molar-refractivity contribution in [2.75, 3.05) is 6.54 Å². The summed E-state index contributed by atoms with van der Waals surface area (Å²) >= 11 is 0. The summed E-state index contributed by atoms with van der Waals surface area (Å²) in [5.74, 6) is -1.58. The Labute approximate surface area is 136 Å². The lowest BCUT2D eigenvalue weighted by atomic mass is 10.3. The van der Waals surface area contributed by atoms with Crippen LogP contribution in [0, 0.1) is 10.1 Å². The second-order valence-electron chi connectivity index (χ2n) is 5.45. The van der Waals surface area contributed by atoms with Crippen molar-refractivity contribution in [3.05, 3.63) is 52.3 Å². The number of nitro groups is 1. The van der Waals surface area contributed by atoms with Crippen molar-refractivity contribution in [3.8, 4) is 5.69 Å². The van der Waals surface area contributed by atoms with Crippen molar-refractivity contribution in [3.63, 3.8) is 0 Å². The van der Waals surface area contributed by atoms with Crippen LogP contribution in [0.15, 0.2) is 36.5 Å². The van der Waals surface area contributed by atoms with Gasteiger partial charge in [-0.1, -0.05) is 12.1 Å². The van der Waals surface area contributed by atoms with Crippen molar-refractivity contribution in [2.45, 2.75) is 18.9 Å². The molecule has 1 aliphatic rings. The maximum Gasteiger partial charge on any atom is 0.323 e. The molecule has 124 valence electrons. The number of para-hydroxylation sites is 2. The molecular weight excluding hydrogens is 316 g/mol. The molecule has 0 spiro atoms. The van der Waals surface area contributed by atoms with Crippen LogP contribution in [0.4, 0.5) is 5.69 Å².